The Balaban J connectivity index is 0.000000187. The van der Waals surface area contributed by atoms with Crippen LogP contribution in [0.15, 0.2) is 0 Å². The van der Waals surface area contributed by atoms with E-state index in [9.17, 15) is 0 Å². The number of hydrogen-bond donors (Lipinski definition) is 0. The Hall–Kier alpha value is 2.11. The normalized spacial score (nSPS) is 39.1. The molecular weight excluding hydrogens is 2010 g/mol. The molecule has 0 saturated carbocycles. The number of epoxide rings is 9. The monoisotopic (exact) mass is 2200 g/mol. The molecule has 34 nitrogen and oxygen atoms in total. The predicted molar refractivity (Wildman–Crippen MR) is 551 cm³/mol. The van der Waals surface area contributed by atoms with Crippen molar-refractivity contribution in [3.05, 3.63) is 0 Å². The predicted octanol–water partition coefficient (Wildman–Crippen LogP) is 16.2. The Morgan fingerprint density at radius 3 is 0.370 bits per heavy atom. The van der Waals surface area contributed by atoms with Gasteiger partial charge in [0.05, 0.1) is 119 Å². The lowest BCUT2D eigenvalue weighted by Crippen LogP contribution is -2.67. The molecule has 13 fully saturated rings. The third-order valence-corrected chi connectivity index (χ3v) is 98.2. The fourth-order valence-corrected chi connectivity index (χ4v) is 111. The maximum atomic E-state index is 7.17. The molecule has 13 rings (SSSR count). The van der Waals surface area contributed by atoms with Gasteiger partial charge in [-0.2, -0.15) is 0 Å². The zero-order chi connectivity index (χ0) is 97.7. The molecule has 0 bridgehead atoms. The average Bonchev–Trinajstić information content (AvgIpc) is 1.53. The maximum absolute atomic E-state index is 7.17. The van der Waals surface area contributed by atoms with Gasteiger partial charge in [0.25, 0.3) is 0 Å². The van der Waals surface area contributed by atoms with Crippen molar-refractivity contribution in [2.45, 2.75) is 369 Å². The molecule has 0 amide bonds. The number of rotatable bonds is 62. The first-order valence-electron chi connectivity index (χ1n) is 51.7. The number of ether oxygens (including phenoxy) is 18. The summed E-state index contributed by atoms with van der Waals surface area (Å²) in [6, 6.07) is 11.7. The Bertz CT molecular complexity index is 3180. The van der Waals surface area contributed by atoms with Gasteiger partial charge in [-0.25, -0.2) is 0 Å². The second-order valence-electron chi connectivity index (χ2n) is 42.8. The van der Waals surface area contributed by atoms with E-state index in [1.807, 2.05) is 0 Å². The molecule has 0 aliphatic carbocycles. The van der Waals surface area contributed by atoms with Crippen LogP contribution in [0.4, 0.5) is 0 Å². The van der Waals surface area contributed by atoms with Crippen LogP contribution < -0.4 is 0 Å². The van der Waals surface area contributed by atoms with E-state index in [1.54, 1.807) is 0 Å². The lowest BCUT2D eigenvalue weighted by atomic mass is 10.5. The summed E-state index contributed by atoms with van der Waals surface area (Å²) in [4.78, 5) is 0. The van der Waals surface area contributed by atoms with Crippen LogP contribution in [0.1, 0.15) is 111 Å². The van der Waals surface area contributed by atoms with Crippen molar-refractivity contribution >= 4 is 137 Å². The van der Waals surface area contributed by atoms with E-state index in [0.29, 0.717) is 156 Å². The molecule has 13 heterocycles. The van der Waals surface area contributed by atoms with Crippen molar-refractivity contribution in [3.63, 3.8) is 0 Å². The van der Waals surface area contributed by atoms with Crippen LogP contribution in [0.25, 0.3) is 0 Å². The molecule has 13 saturated heterocycles. The van der Waals surface area contributed by atoms with Crippen LogP contribution in [0, 0.1) is 0 Å². The van der Waals surface area contributed by atoms with Gasteiger partial charge >= 0.3 is 137 Å². The molecule has 0 N–H and O–H groups in total. The molecule has 13 aliphatic rings. The van der Waals surface area contributed by atoms with E-state index in [2.05, 4.69) is 152 Å². The zero-order valence-electron chi connectivity index (χ0n) is 87.6. The van der Waals surface area contributed by atoms with Gasteiger partial charge in [0, 0.05) is 59.5 Å². The lowest BCUT2D eigenvalue weighted by Gasteiger charge is -2.50. The van der Waals surface area contributed by atoms with Crippen molar-refractivity contribution in [2.75, 3.05) is 178 Å². The van der Waals surface area contributed by atoms with Crippen LogP contribution in [0.5, 0.6) is 0 Å². The molecule has 0 aromatic carbocycles. The van der Waals surface area contributed by atoms with Crippen molar-refractivity contribution in [2.24, 2.45) is 0 Å². The summed E-state index contributed by atoms with van der Waals surface area (Å²) in [6.45, 7) is 70.2. The van der Waals surface area contributed by atoms with Crippen molar-refractivity contribution in [1.29, 1.82) is 0 Å². The second kappa shape index (κ2) is 55.2. The van der Waals surface area contributed by atoms with Gasteiger partial charge in [-0.1, -0.05) is 53.4 Å². The smallest absolute Gasteiger partial charge is 0.317 e. The minimum absolute atomic E-state index is 0.281. The van der Waals surface area contributed by atoms with E-state index in [0.717, 1.165) is 222 Å². The highest BCUT2D eigenvalue weighted by Crippen LogP contribution is 2.44. The summed E-state index contributed by atoms with van der Waals surface area (Å²) in [5.74, 6) is 0. The highest BCUT2D eigenvalue weighted by Gasteiger charge is 2.61. The molecule has 19 atom stereocenters. The van der Waals surface area contributed by atoms with Gasteiger partial charge in [0.1, 0.15) is 54.9 Å². The summed E-state index contributed by atoms with van der Waals surface area (Å²) >= 11 is 0. The standard InChI is InChI=1S/C25H52O10Si4.C22H48O8Si4.C20H44O8Si4.C18H40O8Si4/c1-6-13-36(2)32-37(3,14-7-10-26-17-23-20-29-23)34-39(5,16-9-12-28-19-25-22-31-25)35-38(4,33-36)15-8-11-27-18-24-21-30-24;1-7-13-31(3)27-32(4,14-8-2)29-34(6,16-10-12-24-18-22-20-26-22)30-33(5,28-31)15-9-11-23-17-21-19-25-21;1-7-12-30(4)27-31(5,13-8-10-21-15-19-17-23-19)25-29(2,3)26-32(6,28-30)14-9-11-22-16-20-18-24-20;1-27(2)23-28(3,4)25-30(6,12-8-10-20-14-18-16-22-18)26-29(5,24-27)11-7-9-19-13-17-15-21-17/h23-25H,6-22H2,1-5H3;21-22H,7-20H2,1-6H3;19-20H,7-18H2,1-6H3;17-18H,7-16H2,1-6H3. The molecule has 792 valence electrons. The topological polar surface area (TPSA) is 344 Å². The highest BCUT2D eigenvalue weighted by atomic mass is 28.6. The summed E-state index contributed by atoms with van der Waals surface area (Å²) in [6.07, 6.45) is 15.0. The Morgan fingerprint density at radius 1 is 0.156 bits per heavy atom. The van der Waals surface area contributed by atoms with E-state index in [4.69, 9.17) is 151 Å². The lowest BCUT2D eigenvalue weighted by molar-refractivity contribution is 0.112. The molecular formula is C85H184O34Si16. The van der Waals surface area contributed by atoms with Crippen LogP contribution in [-0.2, 0) is 151 Å². The quantitative estimate of drug-likeness (QED) is 0.0310. The summed E-state index contributed by atoms with van der Waals surface area (Å²) in [5.41, 5.74) is 0. The van der Waals surface area contributed by atoms with E-state index in [1.165, 1.54) is 0 Å². The Kier molecular flexibility index (Phi) is 48.7. The van der Waals surface area contributed by atoms with Crippen LogP contribution in [0.2, 0.25) is 203 Å². The van der Waals surface area contributed by atoms with E-state index < -0.39 is 137 Å². The van der Waals surface area contributed by atoms with E-state index >= 15 is 0 Å². The number of hydrogen-bond acceptors (Lipinski definition) is 34. The summed E-state index contributed by atoms with van der Waals surface area (Å²) in [5, 5.41) is 0. The van der Waals surface area contributed by atoms with Crippen molar-refractivity contribution in [3.8, 4) is 0 Å². The minimum atomic E-state index is -2.63. The van der Waals surface area contributed by atoms with Crippen LogP contribution >= 0.6 is 0 Å². The SMILES string of the molecule is CCC[Si]1(C)O[Si](C)(CCC)O[Si](C)(CCCOCC2CO2)O[Si](C)(CCCOCC2CO2)O1.CCC[Si]1(C)O[Si](C)(CCCOCC2CO2)O[Si](C)(C)O[Si](C)(CCCOCC2CO2)O1.CCC[Si]1(C)O[Si](C)(CCCOCC2CO2)O[Si](C)(CCCOCC2CO2)O[Si](C)(CCCOCC2CO2)O1.C[Si]1(C)O[Si](C)(C)O[Si](C)(CCCOCC2CO2)O[Si](C)(CCCOCC2CO2)O1. The molecule has 0 spiro atoms. The molecule has 19 unspecified atom stereocenters. The van der Waals surface area contributed by atoms with Crippen LogP contribution in [0.3, 0.4) is 0 Å². The summed E-state index contributed by atoms with van der Waals surface area (Å²) in [7, 11) is -39.6. The molecule has 50 heteroatoms. The van der Waals surface area contributed by atoms with Gasteiger partial charge in [-0.15, -0.1) is 0 Å². The second-order valence-corrected chi connectivity index (χ2v) is 100. The van der Waals surface area contributed by atoms with Crippen LogP contribution in [-0.4, -0.2) is 370 Å². The van der Waals surface area contributed by atoms with Gasteiger partial charge in [0.2, 0.25) is 0 Å². The Labute approximate surface area is 829 Å². The fraction of sp³-hybridized carbons (Fsp3) is 1.00. The van der Waals surface area contributed by atoms with Gasteiger partial charge in [-0.3, -0.25) is 0 Å². The van der Waals surface area contributed by atoms with Gasteiger partial charge < -0.3 is 151 Å². The maximum Gasteiger partial charge on any atom is 0.317 e. The molecule has 135 heavy (non-hydrogen) atoms. The highest BCUT2D eigenvalue weighted by molar-refractivity contribution is 6.97. The van der Waals surface area contributed by atoms with Gasteiger partial charge in [0.15, 0.2) is 0 Å². The largest absolute Gasteiger partial charge is 0.416 e. The molecule has 0 radical (unpaired) electrons. The Morgan fingerprint density at radius 2 is 0.259 bits per heavy atom. The third-order valence-electron chi connectivity index (χ3n) is 24.5. The molecule has 0 aromatic rings. The van der Waals surface area contributed by atoms with Gasteiger partial charge in [-0.05, 0) is 261 Å². The fourth-order valence-electron chi connectivity index (χ4n) is 19.0. The zero-order valence-corrected chi connectivity index (χ0v) is 104. The van der Waals surface area contributed by atoms with E-state index in [-0.39, 0.29) is 18.3 Å². The third kappa shape index (κ3) is 49.6. The first-order valence-corrected chi connectivity index (χ1v) is 93.0. The molecule has 0 aromatic heterocycles. The minimum Gasteiger partial charge on any atom is -0.416 e. The summed E-state index contributed by atoms with van der Waals surface area (Å²) < 4.78 is 210. The average molecular weight is 2200 g/mol. The van der Waals surface area contributed by atoms with Crippen molar-refractivity contribution < 1.29 is 151 Å². The first-order chi connectivity index (χ1) is 63.8. The first kappa shape index (κ1) is 119. The van der Waals surface area contributed by atoms with Crippen molar-refractivity contribution in [1.82, 2.24) is 0 Å². The molecule has 13 aliphatic heterocycles.